The predicted molar refractivity (Wildman–Crippen MR) is 77.5 cm³/mol. The Balaban J connectivity index is 2.26. The lowest BCUT2D eigenvalue weighted by molar-refractivity contribution is 0.311. The number of likely N-dealkylation sites (N-methyl/N-ethyl adjacent to an activating group) is 1. The Hall–Kier alpha value is -1.32. The highest BCUT2D eigenvalue weighted by Crippen LogP contribution is 2.25. The van der Waals surface area contributed by atoms with Crippen molar-refractivity contribution < 1.29 is 0 Å². The first-order valence-electron chi connectivity index (χ1n) is 6.18. The van der Waals surface area contributed by atoms with Crippen LogP contribution in [0.2, 0.25) is 5.02 Å². The summed E-state index contributed by atoms with van der Waals surface area (Å²) in [7, 11) is 0. The van der Waals surface area contributed by atoms with Gasteiger partial charge in [0.05, 0.1) is 16.4 Å². The van der Waals surface area contributed by atoms with Gasteiger partial charge in [0.2, 0.25) is 0 Å². The van der Waals surface area contributed by atoms with Gasteiger partial charge in [0.1, 0.15) is 0 Å². The van der Waals surface area contributed by atoms with Crippen molar-refractivity contribution in [2.24, 2.45) is 0 Å². The summed E-state index contributed by atoms with van der Waals surface area (Å²) < 4.78 is 0. The van der Waals surface area contributed by atoms with Crippen LogP contribution in [0.4, 0.5) is 5.69 Å². The van der Waals surface area contributed by atoms with Crippen molar-refractivity contribution in [3.8, 4) is 0 Å². The van der Waals surface area contributed by atoms with E-state index < -0.39 is 0 Å². The van der Waals surface area contributed by atoms with Crippen LogP contribution in [-0.2, 0) is 0 Å². The fraction of sp³-hybridized carbons (Fsp3) is 0.357. The van der Waals surface area contributed by atoms with Crippen molar-refractivity contribution in [3.63, 3.8) is 0 Å². The second-order valence-electron chi connectivity index (χ2n) is 4.46. The Labute approximate surface area is 113 Å². The van der Waals surface area contributed by atoms with E-state index in [1.54, 1.807) is 6.07 Å². The summed E-state index contributed by atoms with van der Waals surface area (Å²) in [5, 5.41) is 8.81. The molecule has 0 unspecified atom stereocenters. The Morgan fingerprint density at radius 1 is 1.50 bits per heavy atom. The quantitative estimate of drug-likeness (QED) is 0.651. The monoisotopic (exact) mass is 263 g/mol. The molecule has 0 aromatic heterocycles. The van der Waals surface area contributed by atoms with Gasteiger partial charge in [-0.3, -0.25) is 10.3 Å². The summed E-state index contributed by atoms with van der Waals surface area (Å²) in [5.74, 6) is 0. The zero-order chi connectivity index (χ0) is 13.1. The van der Waals surface area contributed by atoms with Crippen LogP contribution in [0.5, 0.6) is 0 Å². The molecule has 96 valence electrons. The van der Waals surface area contributed by atoms with Gasteiger partial charge in [-0.2, -0.15) is 0 Å². The predicted octanol–water partition coefficient (Wildman–Crippen LogP) is 2.94. The minimum absolute atomic E-state index is 0.494. The normalized spacial score (nSPS) is 16.4. The van der Waals surface area contributed by atoms with Gasteiger partial charge in [-0.15, -0.1) is 0 Å². The molecule has 0 aliphatic carbocycles. The SMILES string of the molecule is CCN1CCC=C(C(=N)c2cccc(Cl)c2N)C1. The molecule has 0 atom stereocenters. The molecule has 1 aromatic rings. The second kappa shape index (κ2) is 5.55. The third kappa shape index (κ3) is 2.57. The lowest BCUT2D eigenvalue weighted by atomic mass is 9.97. The minimum atomic E-state index is 0.494. The molecule has 0 amide bonds. The molecule has 0 spiro atoms. The van der Waals surface area contributed by atoms with Crippen molar-refractivity contribution >= 4 is 23.0 Å². The van der Waals surface area contributed by atoms with Crippen LogP contribution in [0.1, 0.15) is 18.9 Å². The van der Waals surface area contributed by atoms with E-state index >= 15 is 0 Å². The molecule has 3 N–H and O–H groups in total. The van der Waals surface area contributed by atoms with Crippen molar-refractivity contribution in [3.05, 3.63) is 40.4 Å². The number of hydrogen-bond acceptors (Lipinski definition) is 3. The standard InChI is InChI=1S/C14H18ClN3/c1-2-18-8-4-5-10(9-18)13(16)11-6-3-7-12(15)14(11)17/h3,5-7,16H,2,4,8-9,17H2,1H3. The Morgan fingerprint density at radius 3 is 3.00 bits per heavy atom. The zero-order valence-corrected chi connectivity index (χ0v) is 11.3. The molecule has 0 saturated heterocycles. The summed E-state index contributed by atoms with van der Waals surface area (Å²) in [4.78, 5) is 2.32. The second-order valence-corrected chi connectivity index (χ2v) is 4.87. The number of benzene rings is 1. The summed E-state index contributed by atoms with van der Waals surface area (Å²) in [6.07, 6.45) is 3.13. The third-order valence-electron chi connectivity index (χ3n) is 3.32. The molecule has 3 nitrogen and oxygen atoms in total. The van der Waals surface area contributed by atoms with E-state index in [1.165, 1.54) is 0 Å². The van der Waals surface area contributed by atoms with Crippen LogP contribution in [0.15, 0.2) is 29.8 Å². The molecule has 2 rings (SSSR count). The summed E-state index contributed by atoms with van der Waals surface area (Å²) >= 11 is 6.00. The molecule has 0 bridgehead atoms. The first-order valence-corrected chi connectivity index (χ1v) is 6.56. The number of anilines is 1. The highest BCUT2D eigenvalue weighted by atomic mass is 35.5. The summed E-state index contributed by atoms with van der Waals surface area (Å²) in [6, 6.07) is 5.44. The molecule has 18 heavy (non-hydrogen) atoms. The third-order valence-corrected chi connectivity index (χ3v) is 3.65. The van der Waals surface area contributed by atoms with Gasteiger partial charge in [-0.05, 0) is 24.6 Å². The number of halogens is 1. The number of para-hydroxylation sites is 1. The fourth-order valence-corrected chi connectivity index (χ4v) is 2.36. The van der Waals surface area contributed by atoms with Gasteiger partial charge >= 0.3 is 0 Å². The maximum atomic E-state index is 8.29. The zero-order valence-electron chi connectivity index (χ0n) is 10.5. The molecule has 0 fully saturated rings. The van der Waals surface area contributed by atoms with Gasteiger partial charge in [0.15, 0.2) is 0 Å². The maximum Gasteiger partial charge on any atom is 0.0675 e. The molecule has 1 aliphatic heterocycles. The molecule has 0 saturated carbocycles. The van der Waals surface area contributed by atoms with Crippen molar-refractivity contribution in [1.82, 2.24) is 4.90 Å². The molecule has 1 aromatic carbocycles. The van der Waals surface area contributed by atoms with Crippen LogP contribution < -0.4 is 5.73 Å². The molecule has 0 radical (unpaired) electrons. The van der Waals surface area contributed by atoms with E-state index in [4.69, 9.17) is 22.7 Å². The Kier molecular flexibility index (Phi) is 4.04. The molecule has 4 heteroatoms. The highest BCUT2D eigenvalue weighted by Gasteiger charge is 2.17. The van der Waals surface area contributed by atoms with E-state index in [0.717, 1.165) is 37.2 Å². The van der Waals surface area contributed by atoms with E-state index in [1.807, 2.05) is 12.1 Å². The molecular formula is C14H18ClN3. The van der Waals surface area contributed by atoms with E-state index in [-0.39, 0.29) is 0 Å². The maximum absolute atomic E-state index is 8.29. The number of nitrogens with one attached hydrogen (secondary N) is 1. The van der Waals surface area contributed by atoms with Crippen LogP contribution >= 0.6 is 11.6 Å². The van der Waals surface area contributed by atoms with E-state index in [0.29, 0.717) is 16.4 Å². The van der Waals surface area contributed by atoms with Crippen LogP contribution in [-0.4, -0.2) is 30.2 Å². The smallest absolute Gasteiger partial charge is 0.0675 e. The first kappa shape index (κ1) is 13.1. The topological polar surface area (TPSA) is 53.1 Å². The number of hydrogen-bond donors (Lipinski definition) is 2. The van der Waals surface area contributed by atoms with Crippen LogP contribution in [0, 0.1) is 5.41 Å². The Bertz CT molecular complexity index is 494. The fourth-order valence-electron chi connectivity index (χ4n) is 2.18. The van der Waals surface area contributed by atoms with Crippen LogP contribution in [0.25, 0.3) is 0 Å². The largest absolute Gasteiger partial charge is 0.397 e. The summed E-state index contributed by atoms with van der Waals surface area (Å²) in [5.41, 5.74) is 8.70. The van der Waals surface area contributed by atoms with Gasteiger partial charge in [0, 0.05) is 18.7 Å². The van der Waals surface area contributed by atoms with Crippen molar-refractivity contribution in [2.45, 2.75) is 13.3 Å². The van der Waals surface area contributed by atoms with Gasteiger partial charge in [-0.25, -0.2) is 0 Å². The van der Waals surface area contributed by atoms with E-state index in [2.05, 4.69) is 17.9 Å². The summed E-state index contributed by atoms with van der Waals surface area (Å²) in [6.45, 7) is 5.04. The van der Waals surface area contributed by atoms with Crippen molar-refractivity contribution in [2.75, 3.05) is 25.4 Å². The number of rotatable bonds is 3. The van der Waals surface area contributed by atoms with Gasteiger partial charge in [-0.1, -0.05) is 36.7 Å². The lowest BCUT2D eigenvalue weighted by Gasteiger charge is -2.26. The van der Waals surface area contributed by atoms with E-state index in [9.17, 15) is 0 Å². The van der Waals surface area contributed by atoms with Gasteiger partial charge < -0.3 is 5.73 Å². The number of nitrogens with two attached hydrogens (primary N) is 1. The highest BCUT2D eigenvalue weighted by molar-refractivity contribution is 6.34. The lowest BCUT2D eigenvalue weighted by Crippen LogP contribution is -2.32. The minimum Gasteiger partial charge on any atom is -0.397 e. The molecule has 1 heterocycles. The average molecular weight is 264 g/mol. The number of nitrogen functional groups attached to an aromatic ring is 1. The van der Waals surface area contributed by atoms with Crippen molar-refractivity contribution in [1.29, 1.82) is 5.41 Å². The average Bonchev–Trinajstić information content (AvgIpc) is 2.41. The van der Waals surface area contributed by atoms with Crippen LogP contribution in [0.3, 0.4) is 0 Å². The molecular weight excluding hydrogens is 246 g/mol. The van der Waals surface area contributed by atoms with Gasteiger partial charge in [0.25, 0.3) is 0 Å². The molecule has 1 aliphatic rings. The number of nitrogens with zero attached hydrogens (tertiary/aromatic N) is 1. The first-order chi connectivity index (χ1) is 8.63. The Morgan fingerprint density at radius 2 is 2.28 bits per heavy atom.